The summed E-state index contributed by atoms with van der Waals surface area (Å²) < 4.78 is 19.3. The minimum Gasteiger partial charge on any atom is -0.378 e. The number of piperazine rings is 1. The first-order valence-corrected chi connectivity index (χ1v) is 11.0. The Labute approximate surface area is 183 Å². The summed E-state index contributed by atoms with van der Waals surface area (Å²) in [6.07, 6.45) is 0. The average molecular weight is 427 g/mol. The number of nitrogens with one attached hydrogen (secondary N) is 1. The van der Waals surface area contributed by atoms with Crippen LogP contribution in [0.5, 0.6) is 0 Å². The summed E-state index contributed by atoms with van der Waals surface area (Å²) >= 11 is 0. The molecule has 2 aromatic carbocycles. The number of carbonyl (C=O) groups excluding carboxylic acids is 1. The van der Waals surface area contributed by atoms with Crippen molar-refractivity contribution >= 4 is 17.3 Å². The molecule has 166 valence electrons. The summed E-state index contributed by atoms with van der Waals surface area (Å²) in [5.41, 5.74) is 2.69. The molecule has 7 heteroatoms. The van der Waals surface area contributed by atoms with Gasteiger partial charge in [0.15, 0.2) is 0 Å². The van der Waals surface area contributed by atoms with E-state index in [-0.39, 0.29) is 17.8 Å². The van der Waals surface area contributed by atoms with Crippen LogP contribution in [0.2, 0.25) is 0 Å². The molecule has 4 rings (SSSR count). The quantitative estimate of drug-likeness (QED) is 0.770. The van der Waals surface area contributed by atoms with Crippen LogP contribution in [-0.2, 0) is 16.1 Å². The van der Waals surface area contributed by atoms with Crippen molar-refractivity contribution in [3.8, 4) is 0 Å². The lowest BCUT2D eigenvalue weighted by Crippen LogP contribution is -2.52. The molecule has 2 fully saturated rings. The highest BCUT2D eigenvalue weighted by molar-refractivity contribution is 5.94. The van der Waals surface area contributed by atoms with E-state index >= 15 is 0 Å². The number of nitrogens with zero attached hydrogens (tertiary/aromatic N) is 3. The van der Waals surface area contributed by atoms with Crippen molar-refractivity contribution in [2.45, 2.75) is 19.5 Å². The van der Waals surface area contributed by atoms with Crippen LogP contribution >= 0.6 is 0 Å². The Morgan fingerprint density at radius 2 is 1.68 bits per heavy atom. The number of amides is 1. The van der Waals surface area contributed by atoms with Crippen LogP contribution in [0.15, 0.2) is 48.5 Å². The van der Waals surface area contributed by atoms with Crippen molar-refractivity contribution in [3.63, 3.8) is 0 Å². The monoisotopic (exact) mass is 426 g/mol. The molecule has 1 atom stereocenters. The van der Waals surface area contributed by atoms with E-state index in [1.807, 2.05) is 43.3 Å². The van der Waals surface area contributed by atoms with Crippen LogP contribution in [-0.4, -0.2) is 74.2 Å². The predicted molar refractivity (Wildman–Crippen MR) is 121 cm³/mol. The summed E-state index contributed by atoms with van der Waals surface area (Å²) in [5, 5.41) is 3.04. The van der Waals surface area contributed by atoms with E-state index in [4.69, 9.17) is 4.74 Å². The Balaban J connectivity index is 1.25. The summed E-state index contributed by atoms with van der Waals surface area (Å²) in [7, 11) is 0. The van der Waals surface area contributed by atoms with Gasteiger partial charge in [0.05, 0.1) is 19.3 Å². The van der Waals surface area contributed by atoms with Gasteiger partial charge in [0.1, 0.15) is 5.82 Å². The fraction of sp³-hybridized carbons (Fsp3) is 0.458. The van der Waals surface area contributed by atoms with Crippen LogP contribution in [0.4, 0.5) is 15.8 Å². The molecule has 1 N–H and O–H groups in total. The van der Waals surface area contributed by atoms with Gasteiger partial charge < -0.3 is 15.0 Å². The number of benzene rings is 2. The molecule has 2 heterocycles. The maximum absolute atomic E-state index is 13.9. The van der Waals surface area contributed by atoms with Gasteiger partial charge in [0, 0.05) is 62.8 Å². The van der Waals surface area contributed by atoms with Crippen LogP contribution in [0.25, 0.3) is 0 Å². The van der Waals surface area contributed by atoms with E-state index in [0.717, 1.165) is 69.4 Å². The first kappa shape index (κ1) is 21.7. The summed E-state index contributed by atoms with van der Waals surface area (Å²) in [6.45, 7) is 9.07. The number of morpholine rings is 1. The lowest BCUT2D eigenvalue weighted by Gasteiger charge is -2.37. The van der Waals surface area contributed by atoms with Gasteiger partial charge in [-0.15, -0.1) is 0 Å². The second kappa shape index (κ2) is 10.2. The standard InChI is InChI=1S/C24H31FN4O2/c1-19(28-12-10-27(11-13-28)18-20-4-2-3-5-23(20)25)24(30)26-21-6-8-22(9-7-21)29-14-16-31-17-15-29/h2-9,19H,10-18H2,1H3,(H,26,30). The molecule has 1 unspecified atom stereocenters. The highest BCUT2D eigenvalue weighted by Crippen LogP contribution is 2.20. The van der Waals surface area contributed by atoms with E-state index in [0.29, 0.717) is 6.54 Å². The van der Waals surface area contributed by atoms with E-state index < -0.39 is 0 Å². The number of ether oxygens (including phenoxy) is 1. The van der Waals surface area contributed by atoms with Gasteiger partial charge in [0.25, 0.3) is 0 Å². The van der Waals surface area contributed by atoms with Gasteiger partial charge in [0.2, 0.25) is 5.91 Å². The van der Waals surface area contributed by atoms with Gasteiger partial charge >= 0.3 is 0 Å². The molecule has 2 aliphatic heterocycles. The SMILES string of the molecule is CC(C(=O)Nc1ccc(N2CCOCC2)cc1)N1CCN(Cc2ccccc2F)CC1. The van der Waals surface area contributed by atoms with Crippen LogP contribution in [0.3, 0.4) is 0 Å². The minimum atomic E-state index is -0.213. The molecule has 0 aromatic heterocycles. The van der Waals surface area contributed by atoms with Crippen LogP contribution in [0, 0.1) is 5.82 Å². The Morgan fingerprint density at radius 1 is 1.00 bits per heavy atom. The van der Waals surface area contributed by atoms with E-state index in [1.54, 1.807) is 6.07 Å². The zero-order chi connectivity index (χ0) is 21.6. The van der Waals surface area contributed by atoms with E-state index in [9.17, 15) is 9.18 Å². The van der Waals surface area contributed by atoms with Crippen molar-refractivity contribution in [1.82, 2.24) is 9.80 Å². The number of anilines is 2. The highest BCUT2D eigenvalue weighted by atomic mass is 19.1. The zero-order valence-electron chi connectivity index (χ0n) is 18.1. The summed E-state index contributed by atoms with van der Waals surface area (Å²) in [6, 6.07) is 14.7. The van der Waals surface area contributed by atoms with Gasteiger partial charge in [-0.25, -0.2) is 4.39 Å². The summed E-state index contributed by atoms with van der Waals surface area (Å²) in [5.74, 6) is -0.154. The molecule has 0 radical (unpaired) electrons. The lowest BCUT2D eigenvalue weighted by molar-refractivity contribution is -0.121. The first-order valence-electron chi connectivity index (χ1n) is 11.0. The Bertz CT molecular complexity index is 862. The maximum atomic E-state index is 13.9. The molecule has 2 aliphatic rings. The van der Waals surface area contributed by atoms with Gasteiger partial charge in [-0.2, -0.15) is 0 Å². The Hall–Kier alpha value is -2.48. The molecule has 2 saturated heterocycles. The van der Waals surface area contributed by atoms with Crippen LogP contribution in [0.1, 0.15) is 12.5 Å². The van der Waals surface area contributed by atoms with Gasteiger partial charge in [-0.3, -0.25) is 14.6 Å². The number of rotatable bonds is 6. The van der Waals surface area contributed by atoms with Crippen molar-refractivity contribution in [2.24, 2.45) is 0 Å². The van der Waals surface area contributed by atoms with Crippen molar-refractivity contribution in [2.75, 3.05) is 62.7 Å². The molecular formula is C24H31FN4O2. The largest absolute Gasteiger partial charge is 0.378 e. The third-order valence-corrected chi connectivity index (χ3v) is 6.20. The number of hydrogen-bond donors (Lipinski definition) is 1. The van der Waals surface area contributed by atoms with E-state index in [2.05, 4.69) is 20.0 Å². The van der Waals surface area contributed by atoms with Gasteiger partial charge in [-0.05, 0) is 37.3 Å². The fourth-order valence-electron chi connectivity index (χ4n) is 4.17. The van der Waals surface area contributed by atoms with Crippen molar-refractivity contribution < 1.29 is 13.9 Å². The Kier molecular flexibility index (Phi) is 7.17. The van der Waals surface area contributed by atoms with Crippen molar-refractivity contribution in [3.05, 3.63) is 59.9 Å². The molecule has 0 bridgehead atoms. The highest BCUT2D eigenvalue weighted by Gasteiger charge is 2.26. The lowest BCUT2D eigenvalue weighted by atomic mass is 10.1. The molecule has 2 aromatic rings. The molecule has 6 nitrogen and oxygen atoms in total. The first-order chi connectivity index (χ1) is 15.1. The number of halogens is 1. The van der Waals surface area contributed by atoms with E-state index in [1.165, 1.54) is 6.07 Å². The average Bonchev–Trinajstić information content (AvgIpc) is 2.81. The molecule has 1 amide bonds. The third kappa shape index (κ3) is 5.61. The normalized spacial score (nSPS) is 19.2. The number of hydrogen-bond acceptors (Lipinski definition) is 5. The smallest absolute Gasteiger partial charge is 0.241 e. The fourth-order valence-corrected chi connectivity index (χ4v) is 4.17. The second-order valence-electron chi connectivity index (χ2n) is 8.22. The molecular weight excluding hydrogens is 395 g/mol. The van der Waals surface area contributed by atoms with Crippen molar-refractivity contribution in [1.29, 1.82) is 0 Å². The number of carbonyl (C=O) groups is 1. The topological polar surface area (TPSA) is 48.1 Å². The van der Waals surface area contributed by atoms with Crippen LogP contribution < -0.4 is 10.2 Å². The molecule has 0 aliphatic carbocycles. The minimum absolute atomic E-state index is 0.00155. The predicted octanol–water partition coefficient (Wildman–Crippen LogP) is 2.81. The third-order valence-electron chi connectivity index (χ3n) is 6.20. The molecule has 31 heavy (non-hydrogen) atoms. The zero-order valence-corrected chi connectivity index (χ0v) is 18.1. The second-order valence-corrected chi connectivity index (χ2v) is 8.22. The summed E-state index contributed by atoms with van der Waals surface area (Å²) in [4.78, 5) is 19.5. The van der Waals surface area contributed by atoms with Gasteiger partial charge in [-0.1, -0.05) is 18.2 Å². The molecule has 0 spiro atoms. The Morgan fingerprint density at radius 3 is 2.35 bits per heavy atom. The molecule has 0 saturated carbocycles. The maximum Gasteiger partial charge on any atom is 0.241 e.